The van der Waals surface area contributed by atoms with E-state index in [-0.39, 0.29) is 0 Å². The maximum absolute atomic E-state index is 12.3. The van der Waals surface area contributed by atoms with E-state index in [1.165, 1.54) is 24.9 Å². The van der Waals surface area contributed by atoms with Gasteiger partial charge in [-0.1, -0.05) is 30.3 Å². The first-order chi connectivity index (χ1) is 10.3. The molecule has 1 heterocycles. The van der Waals surface area contributed by atoms with Crippen LogP contribution < -0.4 is 5.32 Å². The quantitative estimate of drug-likeness (QED) is 0.872. The number of nitrogens with zero attached hydrogens (tertiary/aromatic N) is 1. The molecule has 0 atom stereocenters. The summed E-state index contributed by atoms with van der Waals surface area (Å²) in [7, 11) is 0. The summed E-state index contributed by atoms with van der Waals surface area (Å²) >= 11 is 0. The lowest BCUT2D eigenvalue weighted by Gasteiger charge is -2.32. The van der Waals surface area contributed by atoms with Crippen LogP contribution in [0.3, 0.4) is 0 Å². The van der Waals surface area contributed by atoms with Crippen LogP contribution in [0.1, 0.15) is 37.7 Å². The predicted octanol–water partition coefficient (Wildman–Crippen LogP) is 2.61. The Bertz CT molecular complexity index is 448. The van der Waals surface area contributed by atoms with Gasteiger partial charge in [0.15, 0.2) is 0 Å². The van der Waals surface area contributed by atoms with E-state index in [4.69, 9.17) is 0 Å². The summed E-state index contributed by atoms with van der Waals surface area (Å²) in [4.78, 5) is 14.3. The SMILES string of the molecule is O=C(CCc1ccccc1)N1CCC(NCC2CC2)CC1. The van der Waals surface area contributed by atoms with E-state index in [9.17, 15) is 4.79 Å². The molecule has 1 N–H and O–H groups in total. The molecule has 0 radical (unpaired) electrons. The van der Waals surface area contributed by atoms with Crippen LogP contribution in [0.5, 0.6) is 0 Å². The van der Waals surface area contributed by atoms with Gasteiger partial charge in [-0.05, 0) is 50.1 Å². The fourth-order valence-electron chi connectivity index (χ4n) is 3.04. The van der Waals surface area contributed by atoms with Crippen molar-refractivity contribution in [1.29, 1.82) is 0 Å². The summed E-state index contributed by atoms with van der Waals surface area (Å²) in [6.07, 6.45) is 6.55. The average molecular weight is 286 g/mol. The Hall–Kier alpha value is -1.35. The molecule has 1 aromatic rings. The number of carbonyl (C=O) groups is 1. The van der Waals surface area contributed by atoms with Gasteiger partial charge in [0.1, 0.15) is 0 Å². The summed E-state index contributed by atoms with van der Waals surface area (Å²) in [5, 5.41) is 3.66. The van der Waals surface area contributed by atoms with Gasteiger partial charge in [0.05, 0.1) is 0 Å². The molecule has 114 valence electrons. The molecule has 0 bridgehead atoms. The zero-order valence-corrected chi connectivity index (χ0v) is 12.8. The first-order valence-electron chi connectivity index (χ1n) is 8.36. The average Bonchev–Trinajstić information content (AvgIpc) is 3.36. The van der Waals surface area contributed by atoms with Crippen molar-refractivity contribution in [3.63, 3.8) is 0 Å². The van der Waals surface area contributed by atoms with E-state index in [0.717, 1.165) is 38.3 Å². The van der Waals surface area contributed by atoms with Crippen LogP contribution in [0, 0.1) is 5.92 Å². The third kappa shape index (κ3) is 4.57. The first-order valence-corrected chi connectivity index (χ1v) is 8.36. The summed E-state index contributed by atoms with van der Waals surface area (Å²) in [5.41, 5.74) is 1.26. The Kier molecular flexibility index (Phi) is 4.91. The third-order valence-corrected chi connectivity index (χ3v) is 4.71. The first kappa shape index (κ1) is 14.6. The number of benzene rings is 1. The molecular formula is C18H26N2O. The highest BCUT2D eigenvalue weighted by atomic mass is 16.2. The number of hydrogen-bond acceptors (Lipinski definition) is 2. The summed E-state index contributed by atoms with van der Waals surface area (Å²) < 4.78 is 0. The molecule has 1 saturated heterocycles. The number of nitrogens with one attached hydrogen (secondary N) is 1. The Labute approximate surface area is 127 Å². The van der Waals surface area contributed by atoms with Crippen molar-refractivity contribution in [2.45, 2.75) is 44.6 Å². The van der Waals surface area contributed by atoms with E-state index in [1.54, 1.807) is 0 Å². The molecule has 3 nitrogen and oxygen atoms in total. The standard InChI is InChI=1S/C18H26N2O/c21-18(9-8-15-4-2-1-3-5-15)20-12-10-17(11-13-20)19-14-16-6-7-16/h1-5,16-17,19H,6-14H2. The van der Waals surface area contributed by atoms with Crippen LogP contribution in [0.4, 0.5) is 0 Å². The summed E-state index contributed by atoms with van der Waals surface area (Å²) in [6.45, 7) is 3.04. The van der Waals surface area contributed by atoms with Crippen molar-refractivity contribution >= 4 is 5.91 Å². The van der Waals surface area contributed by atoms with E-state index >= 15 is 0 Å². The molecule has 0 aromatic heterocycles. The van der Waals surface area contributed by atoms with Crippen molar-refractivity contribution in [1.82, 2.24) is 10.2 Å². The van der Waals surface area contributed by atoms with Gasteiger partial charge in [-0.25, -0.2) is 0 Å². The molecule has 1 amide bonds. The van der Waals surface area contributed by atoms with E-state index in [0.29, 0.717) is 18.4 Å². The molecule has 1 saturated carbocycles. The van der Waals surface area contributed by atoms with E-state index in [2.05, 4.69) is 22.3 Å². The Morgan fingerprint density at radius 3 is 2.48 bits per heavy atom. The van der Waals surface area contributed by atoms with Gasteiger partial charge in [-0.3, -0.25) is 4.79 Å². The van der Waals surface area contributed by atoms with Crippen LogP contribution in [0.15, 0.2) is 30.3 Å². The second-order valence-corrected chi connectivity index (χ2v) is 6.49. The lowest BCUT2D eigenvalue weighted by molar-refractivity contribution is -0.132. The highest BCUT2D eigenvalue weighted by molar-refractivity contribution is 5.76. The topological polar surface area (TPSA) is 32.3 Å². The highest BCUT2D eigenvalue weighted by Gasteiger charge is 2.25. The molecule has 0 spiro atoms. The smallest absolute Gasteiger partial charge is 0.222 e. The van der Waals surface area contributed by atoms with Crippen LogP contribution >= 0.6 is 0 Å². The molecule has 2 aliphatic rings. The monoisotopic (exact) mass is 286 g/mol. The lowest BCUT2D eigenvalue weighted by atomic mass is 10.0. The fraction of sp³-hybridized carbons (Fsp3) is 0.611. The summed E-state index contributed by atoms with van der Waals surface area (Å²) in [6, 6.07) is 10.9. The zero-order chi connectivity index (χ0) is 14.5. The number of hydrogen-bond donors (Lipinski definition) is 1. The minimum atomic E-state index is 0.319. The van der Waals surface area contributed by atoms with Gasteiger partial charge >= 0.3 is 0 Å². The highest BCUT2D eigenvalue weighted by Crippen LogP contribution is 2.28. The number of aryl methyl sites for hydroxylation is 1. The molecule has 1 aliphatic carbocycles. The molecule has 1 aromatic carbocycles. The van der Waals surface area contributed by atoms with Crippen molar-refractivity contribution in [2.75, 3.05) is 19.6 Å². The van der Waals surface area contributed by atoms with Gasteiger partial charge in [0.25, 0.3) is 0 Å². The van der Waals surface area contributed by atoms with Gasteiger partial charge in [0, 0.05) is 25.6 Å². The van der Waals surface area contributed by atoms with Crippen LogP contribution in [-0.4, -0.2) is 36.5 Å². The molecular weight excluding hydrogens is 260 g/mol. The van der Waals surface area contributed by atoms with Gasteiger partial charge in [-0.15, -0.1) is 0 Å². The van der Waals surface area contributed by atoms with Crippen LogP contribution in [0.25, 0.3) is 0 Å². The van der Waals surface area contributed by atoms with Gasteiger partial charge in [-0.2, -0.15) is 0 Å². The van der Waals surface area contributed by atoms with Crippen LogP contribution in [0.2, 0.25) is 0 Å². The molecule has 0 unspecified atom stereocenters. The summed E-state index contributed by atoms with van der Waals surface area (Å²) in [5.74, 6) is 1.26. The molecule has 2 fully saturated rings. The maximum Gasteiger partial charge on any atom is 0.222 e. The number of carbonyl (C=O) groups excluding carboxylic acids is 1. The predicted molar refractivity (Wildman–Crippen MR) is 85.1 cm³/mol. The third-order valence-electron chi connectivity index (χ3n) is 4.71. The van der Waals surface area contributed by atoms with Crippen molar-refractivity contribution in [3.05, 3.63) is 35.9 Å². The Morgan fingerprint density at radius 1 is 1.10 bits per heavy atom. The molecule has 3 rings (SSSR count). The number of piperidine rings is 1. The molecule has 3 heteroatoms. The Balaban J connectivity index is 1.36. The Morgan fingerprint density at radius 2 is 1.81 bits per heavy atom. The van der Waals surface area contributed by atoms with Crippen molar-refractivity contribution in [3.8, 4) is 0 Å². The number of likely N-dealkylation sites (tertiary alicyclic amines) is 1. The van der Waals surface area contributed by atoms with Crippen LogP contribution in [-0.2, 0) is 11.2 Å². The second-order valence-electron chi connectivity index (χ2n) is 6.49. The normalized spacial score (nSPS) is 19.7. The zero-order valence-electron chi connectivity index (χ0n) is 12.8. The largest absolute Gasteiger partial charge is 0.343 e. The number of amides is 1. The minimum Gasteiger partial charge on any atom is -0.343 e. The van der Waals surface area contributed by atoms with Crippen molar-refractivity contribution < 1.29 is 4.79 Å². The van der Waals surface area contributed by atoms with E-state index < -0.39 is 0 Å². The van der Waals surface area contributed by atoms with Gasteiger partial charge < -0.3 is 10.2 Å². The van der Waals surface area contributed by atoms with Crippen molar-refractivity contribution in [2.24, 2.45) is 5.92 Å². The van der Waals surface area contributed by atoms with E-state index in [1.807, 2.05) is 18.2 Å². The lowest BCUT2D eigenvalue weighted by Crippen LogP contribution is -2.45. The maximum atomic E-state index is 12.3. The van der Waals surface area contributed by atoms with Gasteiger partial charge in [0.2, 0.25) is 5.91 Å². The minimum absolute atomic E-state index is 0.319. The fourth-order valence-corrected chi connectivity index (χ4v) is 3.04. The number of rotatable bonds is 6. The second kappa shape index (κ2) is 7.08. The molecule has 1 aliphatic heterocycles. The molecule has 21 heavy (non-hydrogen) atoms.